The number of rotatable bonds is 5. The number of benzene rings is 1. The first-order valence-electron chi connectivity index (χ1n) is 5.64. The predicted octanol–water partition coefficient (Wildman–Crippen LogP) is 1.48. The molecule has 0 bridgehead atoms. The fourth-order valence-corrected chi connectivity index (χ4v) is 3.40. The Morgan fingerprint density at radius 2 is 2.15 bits per heavy atom. The molecule has 0 radical (unpaired) electrons. The van der Waals surface area contributed by atoms with Crippen LogP contribution in [-0.4, -0.2) is 20.1 Å². The summed E-state index contributed by atoms with van der Waals surface area (Å²) in [7, 11) is -3.92. The molecule has 2 aromatic rings. The molecule has 2 rings (SSSR count). The molecule has 0 spiro atoms. The number of nitrogens with one attached hydrogen (secondary N) is 1. The van der Waals surface area contributed by atoms with Crippen LogP contribution < -0.4 is 10.5 Å². The molecule has 1 atom stereocenters. The number of nitrogens with two attached hydrogens (primary N) is 1. The smallest absolute Gasteiger partial charge is 0.240 e. The van der Waals surface area contributed by atoms with Gasteiger partial charge in [-0.15, -0.1) is 0 Å². The van der Waals surface area contributed by atoms with Gasteiger partial charge in [0.15, 0.2) is 0 Å². The van der Waals surface area contributed by atoms with Crippen molar-refractivity contribution in [3.05, 3.63) is 46.4 Å². The highest BCUT2D eigenvalue weighted by molar-refractivity contribution is 7.89. The Hall–Kier alpha value is -1.48. The van der Waals surface area contributed by atoms with Gasteiger partial charge in [-0.3, -0.25) is 0 Å². The van der Waals surface area contributed by atoms with E-state index >= 15 is 0 Å². The topological polar surface area (TPSA) is 92.4 Å². The second-order valence-corrected chi connectivity index (χ2v) is 6.69. The van der Waals surface area contributed by atoms with Gasteiger partial charge in [0.2, 0.25) is 10.0 Å². The molecule has 108 valence electrons. The third-order valence-corrected chi connectivity index (χ3v) is 4.70. The molecule has 8 heteroatoms. The van der Waals surface area contributed by atoms with Gasteiger partial charge in [-0.1, -0.05) is 0 Å². The first-order chi connectivity index (χ1) is 9.38. The van der Waals surface area contributed by atoms with Gasteiger partial charge in [0.05, 0.1) is 11.0 Å². The Morgan fingerprint density at radius 1 is 1.40 bits per heavy atom. The summed E-state index contributed by atoms with van der Waals surface area (Å²) in [6.07, 6.45) is -0.957. The van der Waals surface area contributed by atoms with E-state index in [9.17, 15) is 17.9 Å². The Kier molecular flexibility index (Phi) is 4.39. The van der Waals surface area contributed by atoms with E-state index in [0.717, 1.165) is 18.2 Å². The lowest BCUT2D eigenvalue weighted by Gasteiger charge is -2.11. The number of hydrogen-bond donors (Lipinski definition) is 3. The molecule has 1 aromatic heterocycles. The summed E-state index contributed by atoms with van der Waals surface area (Å²) >= 11 is 1.40. The lowest BCUT2D eigenvalue weighted by molar-refractivity contribution is 0.182. The molecule has 20 heavy (non-hydrogen) atoms. The molecule has 0 aliphatic heterocycles. The van der Waals surface area contributed by atoms with E-state index in [2.05, 4.69) is 4.72 Å². The van der Waals surface area contributed by atoms with E-state index < -0.39 is 21.9 Å². The van der Waals surface area contributed by atoms with Crippen molar-refractivity contribution in [3.8, 4) is 0 Å². The van der Waals surface area contributed by atoms with E-state index in [-0.39, 0.29) is 17.1 Å². The van der Waals surface area contributed by atoms with Gasteiger partial charge in [-0.2, -0.15) is 11.3 Å². The maximum atomic E-state index is 13.2. The number of hydrogen-bond acceptors (Lipinski definition) is 5. The predicted molar refractivity (Wildman–Crippen MR) is 75.3 cm³/mol. The average molecular weight is 316 g/mol. The van der Waals surface area contributed by atoms with Gasteiger partial charge in [-0.05, 0) is 40.6 Å². The molecule has 1 aromatic carbocycles. The number of anilines is 1. The Bertz CT molecular complexity index is 666. The van der Waals surface area contributed by atoms with Crippen molar-refractivity contribution in [2.75, 3.05) is 12.3 Å². The van der Waals surface area contributed by atoms with Gasteiger partial charge >= 0.3 is 0 Å². The minimum Gasteiger partial charge on any atom is -0.399 e. The van der Waals surface area contributed by atoms with Crippen molar-refractivity contribution in [1.82, 2.24) is 4.72 Å². The van der Waals surface area contributed by atoms with Crippen LogP contribution >= 0.6 is 11.3 Å². The molecule has 0 saturated heterocycles. The number of sulfonamides is 1. The van der Waals surface area contributed by atoms with E-state index in [1.165, 1.54) is 11.3 Å². The van der Waals surface area contributed by atoms with Crippen molar-refractivity contribution in [2.24, 2.45) is 0 Å². The second-order valence-electron chi connectivity index (χ2n) is 4.14. The van der Waals surface area contributed by atoms with Crippen LogP contribution in [0.25, 0.3) is 0 Å². The van der Waals surface area contributed by atoms with Gasteiger partial charge < -0.3 is 10.8 Å². The molecule has 0 aliphatic rings. The van der Waals surface area contributed by atoms with Crippen LogP contribution in [0.1, 0.15) is 11.7 Å². The fourth-order valence-electron chi connectivity index (χ4n) is 1.59. The zero-order chi connectivity index (χ0) is 14.8. The first kappa shape index (κ1) is 14.9. The van der Waals surface area contributed by atoms with Crippen LogP contribution in [0.3, 0.4) is 0 Å². The van der Waals surface area contributed by atoms with Crippen molar-refractivity contribution in [2.45, 2.75) is 11.0 Å². The van der Waals surface area contributed by atoms with E-state index in [1.54, 1.807) is 16.8 Å². The Balaban J connectivity index is 2.11. The Morgan fingerprint density at radius 3 is 2.75 bits per heavy atom. The summed E-state index contributed by atoms with van der Waals surface area (Å²) in [6.45, 7) is -0.199. The summed E-state index contributed by atoms with van der Waals surface area (Å²) in [5.74, 6) is -0.733. The largest absolute Gasteiger partial charge is 0.399 e. The van der Waals surface area contributed by atoms with Crippen LogP contribution in [-0.2, 0) is 10.0 Å². The van der Waals surface area contributed by atoms with Gasteiger partial charge in [0.1, 0.15) is 5.82 Å². The minimum atomic E-state index is -3.92. The third kappa shape index (κ3) is 3.54. The summed E-state index contributed by atoms with van der Waals surface area (Å²) in [5, 5.41) is 13.3. The monoisotopic (exact) mass is 316 g/mol. The molecular weight excluding hydrogens is 303 g/mol. The number of halogens is 1. The molecular formula is C12H13FN2O3S2. The highest BCUT2D eigenvalue weighted by Gasteiger charge is 2.18. The fraction of sp³-hybridized carbons (Fsp3) is 0.167. The molecule has 0 saturated carbocycles. The van der Waals surface area contributed by atoms with Crippen molar-refractivity contribution in [1.29, 1.82) is 0 Å². The zero-order valence-electron chi connectivity index (χ0n) is 10.3. The SMILES string of the molecule is Nc1cc(F)cc(S(=O)(=O)NCC(O)c2ccsc2)c1. The average Bonchev–Trinajstić information content (AvgIpc) is 2.88. The molecule has 5 nitrogen and oxygen atoms in total. The van der Waals surface area contributed by atoms with Gasteiger partial charge in [0.25, 0.3) is 0 Å². The van der Waals surface area contributed by atoms with E-state index in [0.29, 0.717) is 5.56 Å². The van der Waals surface area contributed by atoms with E-state index in [1.807, 2.05) is 0 Å². The van der Waals surface area contributed by atoms with Crippen LogP contribution in [0, 0.1) is 5.82 Å². The van der Waals surface area contributed by atoms with Gasteiger partial charge in [-0.25, -0.2) is 17.5 Å². The standard InChI is InChI=1S/C12H13FN2O3S2/c13-9-3-10(14)5-11(4-9)20(17,18)15-6-12(16)8-1-2-19-7-8/h1-5,7,12,15-16H,6,14H2. The Labute approximate surface area is 119 Å². The highest BCUT2D eigenvalue weighted by atomic mass is 32.2. The maximum absolute atomic E-state index is 13.2. The van der Waals surface area contributed by atoms with Crippen molar-refractivity contribution in [3.63, 3.8) is 0 Å². The van der Waals surface area contributed by atoms with Crippen molar-refractivity contribution >= 4 is 27.0 Å². The lowest BCUT2D eigenvalue weighted by atomic mass is 10.2. The molecule has 0 fully saturated rings. The molecule has 0 aliphatic carbocycles. The lowest BCUT2D eigenvalue weighted by Crippen LogP contribution is -2.28. The molecule has 1 heterocycles. The van der Waals surface area contributed by atoms with Crippen LogP contribution in [0.15, 0.2) is 39.9 Å². The summed E-state index contributed by atoms with van der Waals surface area (Å²) in [6, 6.07) is 4.75. The number of nitrogen functional groups attached to an aromatic ring is 1. The van der Waals surface area contributed by atoms with Crippen LogP contribution in [0.4, 0.5) is 10.1 Å². The first-order valence-corrected chi connectivity index (χ1v) is 8.07. The third-order valence-electron chi connectivity index (χ3n) is 2.60. The second kappa shape index (κ2) is 5.88. The van der Waals surface area contributed by atoms with Crippen LogP contribution in [0.5, 0.6) is 0 Å². The number of aliphatic hydroxyl groups excluding tert-OH is 1. The number of aliphatic hydroxyl groups is 1. The normalized spacial score (nSPS) is 13.3. The van der Waals surface area contributed by atoms with Crippen molar-refractivity contribution < 1.29 is 17.9 Å². The zero-order valence-corrected chi connectivity index (χ0v) is 11.9. The molecule has 4 N–H and O–H groups in total. The molecule has 0 amide bonds. The van der Waals surface area contributed by atoms with E-state index in [4.69, 9.17) is 5.73 Å². The van der Waals surface area contributed by atoms with Gasteiger partial charge in [0, 0.05) is 12.2 Å². The molecule has 1 unspecified atom stereocenters. The summed E-state index contributed by atoms with van der Waals surface area (Å²) in [5.41, 5.74) is 6.05. The highest BCUT2D eigenvalue weighted by Crippen LogP contribution is 2.18. The quantitative estimate of drug-likeness (QED) is 0.729. The minimum absolute atomic E-state index is 0.0174. The summed E-state index contributed by atoms with van der Waals surface area (Å²) in [4.78, 5) is -0.271. The van der Waals surface area contributed by atoms with Crippen LogP contribution in [0.2, 0.25) is 0 Å². The summed E-state index contributed by atoms with van der Waals surface area (Å²) < 4.78 is 39.3. The maximum Gasteiger partial charge on any atom is 0.240 e. The number of thiophene rings is 1.